The van der Waals surface area contributed by atoms with Crippen molar-refractivity contribution in [1.82, 2.24) is 4.98 Å². The minimum Gasteiger partial charge on any atom is -0.456 e. The Morgan fingerprint density at radius 1 is 0.800 bits per heavy atom. The van der Waals surface area contributed by atoms with Gasteiger partial charge in [0.25, 0.3) is 0 Å². The average molecular weight is 661 g/mol. The number of urea groups is 1. The molecule has 0 bridgehead atoms. The van der Waals surface area contributed by atoms with E-state index < -0.39 is 11.6 Å². The molecule has 50 heavy (non-hydrogen) atoms. The number of aromatic nitrogens is 1. The summed E-state index contributed by atoms with van der Waals surface area (Å²) in [6, 6.07) is 38.5. The van der Waals surface area contributed by atoms with Crippen LogP contribution in [0.5, 0.6) is 11.5 Å². The van der Waals surface area contributed by atoms with Crippen molar-refractivity contribution in [2.75, 3.05) is 34.8 Å². The van der Waals surface area contributed by atoms with Crippen molar-refractivity contribution in [3.8, 4) is 11.5 Å². The molecule has 1 spiro atoms. The van der Waals surface area contributed by atoms with Crippen LogP contribution in [-0.4, -0.2) is 36.6 Å². The van der Waals surface area contributed by atoms with Crippen LogP contribution >= 0.6 is 0 Å². The molecule has 1 unspecified atom stereocenters. The molecule has 8 rings (SSSR count). The molecule has 2 amide bonds. The van der Waals surface area contributed by atoms with E-state index in [4.69, 9.17) is 9.47 Å². The highest BCUT2D eigenvalue weighted by molar-refractivity contribution is 6.08. The minimum absolute atomic E-state index is 0.332. The van der Waals surface area contributed by atoms with E-state index in [1.165, 1.54) is 0 Å². The van der Waals surface area contributed by atoms with Gasteiger partial charge in [-0.1, -0.05) is 66.7 Å². The molecule has 0 fully saturated rings. The molecule has 2 aliphatic rings. The summed E-state index contributed by atoms with van der Waals surface area (Å²) in [4.78, 5) is 36.8. The monoisotopic (exact) mass is 660 g/mol. The standard InChI is InChI=1S/C42H36N4O4/c1-3-45(4-2)30-22-23-34-38(27-30)49-37-21-12-19-35(39(37)42(34)33-18-8-7-17-32(33)40(47)50-42)44-41(48)46(26-24-29-15-9-10-25-43-29)36-20-11-14-28-13-5-6-16-31(28)36/h5-23,25,27H,3-4,24,26H2,1-2H3,(H,44,48). The molecule has 1 N–H and O–H groups in total. The number of esters is 1. The van der Waals surface area contributed by atoms with Gasteiger partial charge in [0, 0.05) is 66.2 Å². The van der Waals surface area contributed by atoms with E-state index in [2.05, 4.69) is 29.0 Å². The zero-order chi connectivity index (χ0) is 34.2. The third kappa shape index (κ3) is 5.11. The molecule has 8 nitrogen and oxygen atoms in total. The minimum atomic E-state index is -1.35. The topological polar surface area (TPSA) is 84.0 Å². The van der Waals surface area contributed by atoms with E-state index in [1.54, 1.807) is 17.2 Å². The second-order valence-electron chi connectivity index (χ2n) is 12.4. The number of carbonyl (C=O) groups excluding carboxylic acids is 2. The number of anilines is 3. The van der Waals surface area contributed by atoms with Crippen LogP contribution in [0.4, 0.5) is 21.9 Å². The zero-order valence-electron chi connectivity index (χ0n) is 27.9. The summed E-state index contributed by atoms with van der Waals surface area (Å²) in [5, 5.41) is 5.22. The lowest BCUT2D eigenvalue weighted by Gasteiger charge is -2.38. The number of hydrogen-bond donors (Lipinski definition) is 1. The highest BCUT2D eigenvalue weighted by atomic mass is 16.6. The number of pyridine rings is 1. The third-order valence-corrected chi connectivity index (χ3v) is 9.71. The van der Waals surface area contributed by atoms with Crippen LogP contribution in [0.15, 0.2) is 128 Å². The Labute approximate surface area is 290 Å². The summed E-state index contributed by atoms with van der Waals surface area (Å²) in [5.41, 5.74) is 4.25. The van der Waals surface area contributed by atoms with Crippen molar-refractivity contribution in [1.29, 1.82) is 0 Å². The first-order valence-corrected chi connectivity index (χ1v) is 17.0. The Bertz CT molecular complexity index is 2250. The Morgan fingerprint density at radius 3 is 2.42 bits per heavy atom. The van der Waals surface area contributed by atoms with E-state index in [-0.39, 0.29) is 6.03 Å². The van der Waals surface area contributed by atoms with Crippen molar-refractivity contribution >= 4 is 39.8 Å². The van der Waals surface area contributed by atoms with Gasteiger partial charge in [-0.25, -0.2) is 9.59 Å². The second kappa shape index (κ2) is 12.7. The number of fused-ring (bicyclic) bond motifs is 7. The number of nitrogens with one attached hydrogen (secondary N) is 1. The number of benzene rings is 5. The Morgan fingerprint density at radius 2 is 1.58 bits per heavy atom. The number of hydrogen-bond acceptors (Lipinski definition) is 6. The van der Waals surface area contributed by atoms with Gasteiger partial charge in [-0.3, -0.25) is 9.88 Å². The molecule has 6 aromatic rings. The largest absolute Gasteiger partial charge is 0.456 e. The van der Waals surface area contributed by atoms with E-state index in [0.29, 0.717) is 52.4 Å². The Hall–Kier alpha value is -6.15. The molecule has 3 heterocycles. The molecule has 248 valence electrons. The maximum absolute atomic E-state index is 14.6. The van der Waals surface area contributed by atoms with Gasteiger partial charge in [0.2, 0.25) is 0 Å². The number of rotatable bonds is 8. The van der Waals surface area contributed by atoms with Gasteiger partial charge in [-0.15, -0.1) is 0 Å². The van der Waals surface area contributed by atoms with Crippen molar-refractivity contribution in [3.05, 3.63) is 155 Å². The summed E-state index contributed by atoms with van der Waals surface area (Å²) in [6.45, 7) is 6.27. The lowest BCUT2D eigenvalue weighted by molar-refractivity contribution is 0.0227. The fraction of sp³-hybridized carbons (Fsp3) is 0.167. The van der Waals surface area contributed by atoms with Crippen LogP contribution in [0, 0.1) is 0 Å². The maximum atomic E-state index is 14.6. The molecule has 0 radical (unpaired) electrons. The van der Waals surface area contributed by atoms with Crippen LogP contribution in [0.2, 0.25) is 0 Å². The van der Waals surface area contributed by atoms with Crippen LogP contribution in [0.25, 0.3) is 10.8 Å². The van der Waals surface area contributed by atoms with Crippen molar-refractivity contribution in [2.24, 2.45) is 0 Å². The quantitative estimate of drug-likeness (QED) is 0.164. The van der Waals surface area contributed by atoms with Gasteiger partial charge in [0.15, 0.2) is 5.60 Å². The van der Waals surface area contributed by atoms with E-state index in [9.17, 15) is 9.59 Å². The number of ether oxygens (including phenoxy) is 2. The summed E-state index contributed by atoms with van der Waals surface area (Å²) < 4.78 is 13.1. The first-order valence-electron chi connectivity index (χ1n) is 17.0. The van der Waals surface area contributed by atoms with Gasteiger partial charge < -0.3 is 19.7 Å². The SMILES string of the molecule is CCN(CC)c1ccc2c(c1)Oc1cccc(NC(=O)N(CCc3ccccn3)c3cccc4ccccc34)c1C21OC(=O)c2ccccc21. The lowest BCUT2D eigenvalue weighted by Crippen LogP contribution is -2.39. The first-order chi connectivity index (χ1) is 24.5. The predicted molar refractivity (Wildman–Crippen MR) is 197 cm³/mol. The van der Waals surface area contributed by atoms with Gasteiger partial charge in [0.05, 0.1) is 22.5 Å². The molecule has 1 aromatic heterocycles. The van der Waals surface area contributed by atoms with Crippen molar-refractivity contribution < 1.29 is 19.1 Å². The lowest BCUT2D eigenvalue weighted by atomic mass is 9.77. The molecular formula is C42H36N4O4. The summed E-state index contributed by atoms with van der Waals surface area (Å²) in [6.07, 6.45) is 2.31. The fourth-order valence-electron chi connectivity index (χ4n) is 7.34. The van der Waals surface area contributed by atoms with Gasteiger partial charge in [-0.2, -0.15) is 0 Å². The summed E-state index contributed by atoms with van der Waals surface area (Å²) >= 11 is 0. The van der Waals surface area contributed by atoms with Crippen LogP contribution in [0.1, 0.15) is 46.6 Å². The smallest absolute Gasteiger partial charge is 0.340 e. The molecule has 0 saturated carbocycles. The van der Waals surface area contributed by atoms with Gasteiger partial charge in [-0.05, 0) is 67.8 Å². The molecule has 0 saturated heterocycles. The number of nitrogens with zero attached hydrogens (tertiary/aromatic N) is 3. The number of amides is 2. The molecule has 1 atom stereocenters. The van der Waals surface area contributed by atoms with E-state index in [0.717, 1.165) is 40.9 Å². The average Bonchev–Trinajstić information content (AvgIpc) is 3.44. The molecule has 2 aliphatic heterocycles. The Balaban J connectivity index is 1.25. The first kappa shape index (κ1) is 31.1. The Kier molecular flexibility index (Phi) is 7.91. The van der Waals surface area contributed by atoms with Crippen LogP contribution in [0.3, 0.4) is 0 Å². The van der Waals surface area contributed by atoms with Crippen molar-refractivity contribution in [2.45, 2.75) is 25.9 Å². The summed E-state index contributed by atoms with van der Waals surface area (Å²) in [7, 11) is 0. The highest BCUT2D eigenvalue weighted by Gasteiger charge is 2.55. The maximum Gasteiger partial charge on any atom is 0.340 e. The molecule has 5 aromatic carbocycles. The predicted octanol–water partition coefficient (Wildman–Crippen LogP) is 8.93. The highest BCUT2D eigenvalue weighted by Crippen LogP contribution is 2.58. The zero-order valence-corrected chi connectivity index (χ0v) is 27.9. The molecular weight excluding hydrogens is 624 g/mol. The van der Waals surface area contributed by atoms with Crippen LogP contribution < -0.4 is 19.9 Å². The third-order valence-electron chi connectivity index (χ3n) is 9.71. The van der Waals surface area contributed by atoms with Gasteiger partial charge >= 0.3 is 12.0 Å². The van der Waals surface area contributed by atoms with E-state index in [1.807, 2.05) is 115 Å². The normalized spacial score (nSPS) is 15.4. The second-order valence-corrected chi connectivity index (χ2v) is 12.4. The molecule has 8 heteroatoms. The fourth-order valence-corrected chi connectivity index (χ4v) is 7.34. The number of carbonyl (C=O) groups is 2. The van der Waals surface area contributed by atoms with Crippen LogP contribution in [-0.2, 0) is 16.8 Å². The van der Waals surface area contributed by atoms with Crippen molar-refractivity contribution in [3.63, 3.8) is 0 Å². The van der Waals surface area contributed by atoms with E-state index >= 15 is 0 Å². The summed E-state index contributed by atoms with van der Waals surface area (Å²) in [5.74, 6) is 0.672. The molecule has 0 aliphatic carbocycles. The van der Waals surface area contributed by atoms with Gasteiger partial charge in [0.1, 0.15) is 11.5 Å².